The lowest BCUT2D eigenvalue weighted by molar-refractivity contribution is 1.08. The van der Waals surface area contributed by atoms with Crippen molar-refractivity contribution in [2.24, 2.45) is 0 Å². The van der Waals surface area contributed by atoms with Gasteiger partial charge in [0.05, 0.1) is 16.6 Å². The van der Waals surface area contributed by atoms with Gasteiger partial charge in [-0.1, -0.05) is 0 Å². The van der Waals surface area contributed by atoms with E-state index in [1.54, 1.807) is 12.5 Å². The Labute approximate surface area is 73.6 Å². The second-order valence-electron chi connectivity index (χ2n) is 2.82. The van der Waals surface area contributed by atoms with Crippen LogP contribution in [0.2, 0.25) is 0 Å². The van der Waals surface area contributed by atoms with Gasteiger partial charge < -0.3 is 0 Å². The normalized spacial score (nSPS) is 11.1. The molecule has 0 aliphatic carbocycles. The number of hydrogen-bond donors (Lipinski definition) is 1. The van der Waals surface area contributed by atoms with Crippen LogP contribution in [0.15, 0.2) is 30.7 Å². The average Bonchev–Trinajstić information content (AvgIpc) is 2.65. The van der Waals surface area contributed by atoms with E-state index in [4.69, 9.17) is 0 Å². The lowest BCUT2D eigenvalue weighted by Crippen LogP contribution is -1.82. The molecule has 1 N–H and O–H groups in total. The van der Waals surface area contributed by atoms with E-state index >= 15 is 0 Å². The van der Waals surface area contributed by atoms with Crippen LogP contribution >= 0.6 is 0 Å². The predicted octanol–water partition coefficient (Wildman–Crippen LogP) is 1.51. The van der Waals surface area contributed by atoms with Crippen molar-refractivity contribution in [3.05, 3.63) is 30.7 Å². The molecule has 0 radical (unpaired) electrons. The highest BCUT2D eigenvalue weighted by molar-refractivity contribution is 6.01. The lowest BCUT2D eigenvalue weighted by atomic mass is 10.2. The summed E-state index contributed by atoms with van der Waals surface area (Å²) in [5, 5.41) is 7.91. The second kappa shape index (κ2) is 2.26. The number of aromatic nitrogens is 4. The molecule has 0 aliphatic heterocycles. The molecule has 62 valence electrons. The van der Waals surface area contributed by atoms with Crippen LogP contribution < -0.4 is 0 Å². The third-order valence-corrected chi connectivity index (χ3v) is 2.08. The Hall–Kier alpha value is -1.97. The zero-order chi connectivity index (χ0) is 8.67. The van der Waals surface area contributed by atoms with E-state index in [9.17, 15) is 0 Å². The molecule has 0 unspecified atom stereocenters. The summed E-state index contributed by atoms with van der Waals surface area (Å²) in [6.45, 7) is 0. The summed E-state index contributed by atoms with van der Waals surface area (Å²) in [4.78, 5) is 8.31. The Morgan fingerprint density at radius 3 is 3.08 bits per heavy atom. The van der Waals surface area contributed by atoms with E-state index in [1.165, 1.54) is 0 Å². The van der Waals surface area contributed by atoms with Gasteiger partial charge in [-0.15, -0.1) is 0 Å². The fourth-order valence-corrected chi connectivity index (χ4v) is 1.47. The minimum Gasteiger partial charge on any atom is -0.278 e. The summed E-state index contributed by atoms with van der Waals surface area (Å²) >= 11 is 0. The number of rotatable bonds is 0. The Morgan fingerprint density at radius 1 is 1.08 bits per heavy atom. The Kier molecular flexibility index (Phi) is 1.14. The van der Waals surface area contributed by atoms with Crippen LogP contribution in [0.25, 0.3) is 21.9 Å². The van der Waals surface area contributed by atoms with Crippen molar-refractivity contribution >= 4 is 21.9 Å². The quantitative estimate of drug-likeness (QED) is 0.556. The standard InChI is InChI=1S/C9H6N4/c1-2-8-9(11-5-10-8)6-3-4-12-13-7(1)6/h1-5,13H. The van der Waals surface area contributed by atoms with Gasteiger partial charge in [-0.05, 0) is 18.2 Å². The molecule has 2 heterocycles. The van der Waals surface area contributed by atoms with Gasteiger partial charge in [-0.2, -0.15) is 5.10 Å². The van der Waals surface area contributed by atoms with Gasteiger partial charge in [0.1, 0.15) is 6.33 Å². The highest BCUT2D eigenvalue weighted by atomic mass is 15.1. The fraction of sp³-hybridized carbons (Fsp3) is 0. The maximum Gasteiger partial charge on any atom is 0.116 e. The molecule has 0 saturated carbocycles. The van der Waals surface area contributed by atoms with Crippen LogP contribution in [-0.2, 0) is 0 Å². The number of aromatic amines is 1. The number of fused-ring (bicyclic) bond motifs is 3. The zero-order valence-electron chi connectivity index (χ0n) is 6.73. The van der Waals surface area contributed by atoms with E-state index in [1.807, 2.05) is 18.2 Å². The number of imidazole rings is 1. The highest BCUT2D eigenvalue weighted by Crippen LogP contribution is 2.19. The van der Waals surface area contributed by atoms with Crippen molar-refractivity contribution in [2.45, 2.75) is 0 Å². The van der Waals surface area contributed by atoms with Gasteiger partial charge >= 0.3 is 0 Å². The van der Waals surface area contributed by atoms with Crippen LogP contribution in [0.1, 0.15) is 0 Å². The minimum absolute atomic E-state index is 0.923. The minimum atomic E-state index is 0.923. The molecule has 0 atom stereocenters. The van der Waals surface area contributed by atoms with Gasteiger partial charge in [-0.25, -0.2) is 9.97 Å². The maximum atomic E-state index is 4.19. The molecule has 4 nitrogen and oxygen atoms in total. The average molecular weight is 170 g/mol. The van der Waals surface area contributed by atoms with E-state index in [2.05, 4.69) is 20.2 Å². The molecule has 0 spiro atoms. The molecular weight excluding hydrogens is 164 g/mol. The smallest absolute Gasteiger partial charge is 0.116 e. The molecule has 3 aromatic rings. The van der Waals surface area contributed by atoms with Gasteiger partial charge in [-0.3, -0.25) is 5.10 Å². The van der Waals surface area contributed by atoms with Crippen molar-refractivity contribution in [3.63, 3.8) is 0 Å². The van der Waals surface area contributed by atoms with Crippen LogP contribution in [-0.4, -0.2) is 20.2 Å². The summed E-state index contributed by atoms with van der Waals surface area (Å²) in [5.41, 5.74) is 2.83. The molecule has 13 heavy (non-hydrogen) atoms. The van der Waals surface area contributed by atoms with Crippen molar-refractivity contribution in [1.82, 2.24) is 20.2 Å². The summed E-state index contributed by atoms with van der Waals surface area (Å²) in [6, 6.07) is 5.82. The number of hydrogen-bond acceptors (Lipinski definition) is 3. The number of nitrogens with zero attached hydrogens (tertiary/aromatic N) is 3. The Balaban J connectivity index is 2.65. The van der Waals surface area contributed by atoms with Gasteiger partial charge in [0, 0.05) is 11.6 Å². The third-order valence-electron chi connectivity index (χ3n) is 2.08. The third kappa shape index (κ3) is 0.823. The van der Waals surface area contributed by atoms with E-state index in [0.29, 0.717) is 0 Å². The summed E-state index contributed by atoms with van der Waals surface area (Å²) in [7, 11) is 0. The van der Waals surface area contributed by atoms with Crippen LogP contribution in [0.4, 0.5) is 0 Å². The van der Waals surface area contributed by atoms with Crippen molar-refractivity contribution in [3.8, 4) is 0 Å². The summed E-state index contributed by atoms with van der Waals surface area (Å²) in [6.07, 6.45) is 3.29. The van der Waals surface area contributed by atoms with E-state index < -0.39 is 0 Å². The summed E-state index contributed by atoms with van der Waals surface area (Å²) in [5.74, 6) is 0. The molecule has 2 aromatic heterocycles. The predicted molar refractivity (Wildman–Crippen MR) is 49.2 cm³/mol. The largest absolute Gasteiger partial charge is 0.278 e. The van der Waals surface area contributed by atoms with E-state index in [0.717, 1.165) is 21.9 Å². The zero-order valence-corrected chi connectivity index (χ0v) is 6.73. The van der Waals surface area contributed by atoms with Crippen LogP contribution in [0.3, 0.4) is 0 Å². The first kappa shape index (κ1) is 6.54. The van der Waals surface area contributed by atoms with Gasteiger partial charge in [0.15, 0.2) is 0 Å². The first-order valence-electron chi connectivity index (χ1n) is 3.98. The van der Waals surface area contributed by atoms with Crippen molar-refractivity contribution in [1.29, 1.82) is 0 Å². The molecule has 3 rings (SSSR count). The van der Waals surface area contributed by atoms with Crippen LogP contribution in [0, 0.1) is 0 Å². The molecule has 0 amide bonds. The molecule has 1 aromatic carbocycles. The highest BCUT2D eigenvalue weighted by Gasteiger charge is 2.01. The van der Waals surface area contributed by atoms with Crippen LogP contribution in [0.5, 0.6) is 0 Å². The monoisotopic (exact) mass is 170 g/mol. The SMILES string of the molecule is c1cc2c(ccc3ncnc32)[nH]n1. The maximum absolute atomic E-state index is 4.19. The second-order valence-corrected chi connectivity index (χ2v) is 2.82. The molecule has 0 aliphatic rings. The van der Waals surface area contributed by atoms with Crippen molar-refractivity contribution in [2.75, 3.05) is 0 Å². The Bertz CT molecular complexity index is 570. The van der Waals surface area contributed by atoms with Gasteiger partial charge in [0.25, 0.3) is 0 Å². The number of H-pyrrole nitrogens is 1. The molecule has 0 bridgehead atoms. The first-order valence-corrected chi connectivity index (χ1v) is 3.98. The first-order chi connectivity index (χ1) is 6.45. The topological polar surface area (TPSA) is 54.5 Å². The number of benzene rings is 1. The fourth-order valence-electron chi connectivity index (χ4n) is 1.47. The van der Waals surface area contributed by atoms with Gasteiger partial charge in [0.2, 0.25) is 0 Å². The van der Waals surface area contributed by atoms with Crippen molar-refractivity contribution < 1.29 is 0 Å². The molecule has 0 saturated heterocycles. The molecule has 0 fully saturated rings. The summed E-state index contributed by atoms with van der Waals surface area (Å²) < 4.78 is 0. The molecule has 4 heteroatoms. The molecular formula is C9H6N4. The Morgan fingerprint density at radius 2 is 2.08 bits per heavy atom. The number of nitrogens with one attached hydrogen (secondary N) is 1. The van der Waals surface area contributed by atoms with E-state index in [-0.39, 0.29) is 0 Å². The lowest BCUT2D eigenvalue weighted by Gasteiger charge is -1.95.